The van der Waals surface area contributed by atoms with Crippen molar-refractivity contribution in [1.82, 2.24) is 9.97 Å². The van der Waals surface area contributed by atoms with Crippen LogP contribution in [-0.2, 0) is 6.54 Å². The molecule has 0 radical (unpaired) electrons. The van der Waals surface area contributed by atoms with E-state index in [2.05, 4.69) is 16.9 Å². The van der Waals surface area contributed by atoms with Gasteiger partial charge in [0.2, 0.25) is 0 Å². The number of carbonyl (C=O) groups is 1. The fourth-order valence-electron chi connectivity index (χ4n) is 3.09. The first kappa shape index (κ1) is 21.3. The summed E-state index contributed by atoms with van der Waals surface area (Å²) < 4.78 is 6.72. The Bertz CT molecular complexity index is 1180. The van der Waals surface area contributed by atoms with Crippen molar-refractivity contribution in [3.05, 3.63) is 83.1 Å². The zero-order valence-electron chi connectivity index (χ0n) is 17.1. The highest BCUT2D eigenvalue weighted by atomic mass is 35.5. The van der Waals surface area contributed by atoms with Gasteiger partial charge in [0, 0.05) is 16.8 Å². The third-order valence-corrected chi connectivity index (χ3v) is 5.99. The number of amides is 1. The molecule has 0 aliphatic heterocycles. The van der Waals surface area contributed by atoms with Crippen LogP contribution in [-0.4, -0.2) is 22.5 Å². The maximum absolute atomic E-state index is 13.6. The second kappa shape index (κ2) is 9.90. The zero-order chi connectivity index (χ0) is 21.6. The van der Waals surface area contributed by atoms with Gasteiger partial charge in [0.1, 0.15) is 5.75 Å². The van der Waals surface area contributed by atoms with Crippen LogP contribution in [0.1, 0.15) is 35.8 Å². The number of anilines is 1. The number of benzene rings is 2. The van der Waals surface area contributed by atoms with E-state index >= 15 is 0 Å². The summed E-state index contributed by atoms with van der Waals surface area (Å²) in [6.07, 6.45) is 3.74. The molecule has 0 atom stereocenters. The monoisotopic (exact) mass is 451 g/mol. The highest BCUT2D eigenvalue weighted by Gasteiger charge is 2.22. The SMILES string of the molecule is CCCCOc1cccc(C(=O)N(Cc2ccccn2)c2nc3ccc(Cl)cc3s2)c1. The zero-order valence-corrected chi connectivity index (χ0v) is 18.7. The van der Waals surface area contributed by atoms with Crippen molar-refractivity contribution in [2.24, 2.45) is 0 Å². The molecular weight excluding hydrogens is 430 g/mol. The molecule has 0 spiro atoms. The van der Waals surface area contributed by atoms with Crippen LogP contribution >= 0.6 is 22.9 Å². The van der Waals surface area contributed by atoms with Gasteiger partial charge in [-0.25, -0.2) is 4.98 Å². The van der Waals surface area contributed by atoms with Crippen molar-refractivity contribution in [3.63, 3.8) is 0 Å². The van der Waals surface area contributed by atoms with Crippen LogP contribution in [0, 0.1) is 0 Å². The van der Waals surface area contributed by atoms with Crippen LogP contribution in [0.5, 0.6) is 5.75 Å². The summed E-state index contributed by atoms with van der Waals surface area (Å²) in [5, 5.41) is 1.24. The lowest BCUT2D eigenvalue weighted by Crippen LogP contribution is -2.30. The highest BCUT2D eigenvalue weighted by molar-refractivity contribution is 7.22. The molecule has 0 unspecified atom stereocenters. The molecule has 7 heteroatoms. The molecule has 0 fully saturated rings. The second-order valence-corrected chi connectivity index (χ2v) is 8.50. The molecular formula is C24H22ClN3O2S. The van der Waals surface area contributed by atoms with E-state index in [1.54, 1.807) is 29.3 Å². The van der Waals surface area contributed by atoms with Crippen LogP contribution in [0.25, 0.3) is 10.2 Å². The van der Waals surface area contributed by atoms with Gasteiger partial charge in [0.15, 0.2) is 5.13 Å². The van der Waals surface area contributed by atoms with Gasteiger partial charge in [-0.3, -0.25) is 14.7 Å². The number of fused-ring (bicyclic) bond motifs is 1. The molecule has 0 N–H and O–H groups in total. The smallest absolute Gasteiger partial charge is 0.260 e. The van der Waals surface area contributed by atoms with Gasteiger partial charge < -0.3 is 4.74 Å². The third-order valence-electron chi connectivity index (χ3n) is 4.71. The van der Waals surface area contributed by atoms with Crippen molar-refractivity contribution in [2.45, 2.75) is 26.3 Å². The second-order valence-electron chi connectivity index (χ2n) is 7.05. The van der Waals surface area contributed by atoms with Crippen molar-refractivity contribution in [3.8, 4) is 5.75 Å². The number of aromatic nitrogens is 2. The van der Waals surface area contributed by atoms with Gasteiger partial charge in [-0.15, -0.1) is 0 Å². The van der Waals surface area contributed by atoms with E-state index in [4.69, 9.17) is 16.3 Å². The Morgan fingerprint density at radius 3 is 2.84 bits per heavy atom. The Hall–Kier alpha value is -2.96. The van der Waals surface area contributed by atoms with Crippen molar-refractivity contribution >= 4 is 44.2 Å². The van der Waals surface area contributed by atoms with Gasteiger partial charge in [-0.05, 0) is 55.0 Å². The lowest BCUT2D eigenvalue weighted by Gasteiger charge is -2.20. The molecule has 2 heterocycles. The molecule has 0 bridgehead atoms. The fraction of sp³-hybridized carbons (Fsp3) is 0.208. The molecule has 0 aliphatic rings. The quantitative estimate of drug-likeness (QED) is 0.292. The van der Waals surface area contributed by atoms with E-state index in [-0.39, 0.29) is 5.91 Å². The van der Waals surface area contributed by atoms with Gasteiger partial charge in [0.25, 0.3) is 5.91 Å². The largest absolute Gasteiger partial charge is 0.494 e. The van der Waals surface area contributed by atoms with E-state index in [1.807, 2.05) is 42.5 Å². The molecule has 158 valence electrons. The minimum atomic E-state index is -0.156. The summed E-state index contributed by atoms with van der Waals surface area (Å²) in [7, 11) is 0. The van der Waals surface area contributed by atoms with Crippen molar-refractivity contribution in [1.29, 1.82) is 0 Å². The average Bonchev–Trinajstić information content (AvgIpc) is 3.21. The molecule has 2 aromatic carbocycles. The van der Waals surface area contributed by atoms with E-state index in [9.17, 15) is 4.79 Å². The minimum absolute atomic E-state index is 0.156. The van der Waals surface area contributed by atoms with E-state index < -0.39 is 0 Å². The van der Waals surface area contributed by atoms with Gasteiger partial charge in [-0.1, -0.05) is 48.4 Å². The van der Waals surface area contributed by atoms with Crippen LogP contribution < -0.4 is 9.64 Å². The molecule has 4 aromatic rings. The number of carbonyl (C=O) groups excluding carboxylic acids is 1. The molecule has 0 saturated heterocycles. The average molecular weight is 452 g/mol. The maximum Gasteiger partial charge on any atom is 0.260 e. The first-order chi connectivity index (χ1) is 15.1. The first-order valence-corrected chi connectivity index (χ1v) is 11.3. The number of rotatable bonds is 8. The number of thiazole rings is 1. The Kier molecular flexibility index (Phi) is 6.79. The van der Waals surface area contributed by atoms with Crippen molar-refractivity contribution < 1.29 is 9.53 Å². The fourth-order valence-corrected chi connectivity index (χ4v) is 4.33. The van der Waals surface area contributed by atoms with Crippen molar-refractivity contribution in [2.75, 3.05) is 11.5 Å². The molecule has 1 amide bonds. The predicted octanol–water partition coefficient (Wildman–Crippen LogP) is 6.37. The summed E-state index contributed by atoms with van der Waals surface area (Å²) in [6, 6.07) is 18.5. The Morgan fingerprint density at radius 2 is 2.03 bits per heavy atom. The molecule has 31 heavy (non-hydrogen) atoms. The standard InChI is InChI=1S/C24H22ClN3O2S/c1-2-3-13-30-20-9-6-7-17(14-20)23(29)28(16-19-8-4-5-12-26-19)24-27-21-11-10-18(25)15-22(21)31-24/h4-12,14-15H,2-3,13,16H2,1H3. The highest BCUT2D eigenvalue weighted by Crippen LogP contribution is 2.32. The molecule has 0 saturated carbocycles. The van der Waals surface area contributed by atoms with Crippen LogP contribution in [0.2, 0.25) is 5.02 Å². The lowest BCUT2D eigenvalue weighted by atomic mass is 10.2. The lowest BCUT2D eigenvalue weighted by molar-refractivity contribution is 0.0984. The molecule has 0 aliphatic carbocycles. The summed E-state index contributed by atoms with van der Waals surface area (Å²) >= 11 is 7.57. The number of nitrogens with zero attached hydrogens (tertiary/aromatic N) is 3. The predicted molar refractivity (Wildman–Crippen MR) is 126 cm³/mol. The summed E-state index contributed by atoms with van der Waals surface area (Å²) in [5.41, 5.74) is 2.13. The van der Waals surface area contributed by atoms with Gasteiger partial charge in [0.05, 0.1) is 29.1 Å². The normalized spacial score (nSPS) is 10.9. The molecule has 2 aromatic heterocycles. The van der Waals surface area contributed by atoms with Crippen LogP contribution in [0.15, 0.2) is 66.9 Å². The summed E-state index contributed by atoms with van der Waals surface area (Å²) in [4.78, 5) is 24.3. The number of ether oxygens (including phenoxy) is 1. The molecule has 4 rings (SSSR count). The number of hydrogen-bond donors (Lipinski definition) is 0. The Morgan fingerprint density at radius 1 is 1.13 bits per heavy atom. The molecule has 5 nitrogen and oxygen atoms in total. The van der Waals surface area contributed by atoms with Crippen LogP contribution in [0.4, 0.5) is 5.13 Å². The number of pyridine rings is 1. The van der Waals surface area contributed by atoms with Gasteiger partial charge in [-0.2, -0.15) is 0 Å². The number of halogens is 1. The third kappa shape index (κ3) is 5.21. The van der Waals surface area contributed by atoms with Gasteiger partial charge >= 0.3 is 0 Å². The minimum Gasteiger partial charge on any atom is -0.494 e. The topological polar surface area (TPSA) is 55.3 Å². The first-order valence-electron chi connectivity index (χ1n) is 10.1. The number of hydrogen-bond acceptors (Lipinski definition) is 5. The Labute approximate surface area is 190 Å². The number of unbranched alkanes of at least 4 members (excludes halogenated alkanes) is 1. The van der Waals surface area contributed by atoms with E-state index in [0.717, 1.165) is 28.8 Å². The van der Waals surface area contributed by atoms with E-state index in [1.165, 1.54) is 11.3 Å². The Balaban J connectivity index is 1.68. The van der Waals surface area contributed by atoms with Crippen LogP contribution in [0.3, 0.4) is 0 Å². The van der Waals surface area contributed by atoms with E-state index in [0.29, 0.717) is 34.6 Å². The summed E-state index contributed by atoms with van der Waals surface area (Å²) in [5.74, 6) is 0.532. The maximum atomic E-state index is 13.6. The summed E-state index contributed by atoms with van der Waals surface area (Å²) in [6.45, 7) is 3.06.